The number of nitrogens with one attached hydrogen (secondary N) is 1. The number of piperidine rings is 1. The third-order valence-corrected chi connectivity index (χ3v) is 5.69. The molecule has 1 aromatic heterocycles. The molecule has 1 N–H and O–H groups in total. The van der Waals surface area contributed by atoms with Gasteiger partial charge in [0.15, 0.2) is 0 Å². The molecule has 0 saturated carbocycles. The summed E-state index contributed by atoms with van der Waals surface area (Å²) in [6.07, 6.45) is 5.60. The monoisotopic (exact) mass is 400 g/mol. The van der Waals surface area contributed by atoms with Crippen LogP contribution in [0.1, 0.15) is 29.5 Å². The summed E-state index contributed by atoms with van der Waals surface area (Å²) in [5, 5.41) is 3.09. The average molecular weight is 401 g/mol. The van der Waals surface area contributed by atoms with Crippen molar-refractivity contribution in [2.75, 3.05) is 18.0 Å². The lowest BCUT2D eigenvalue weighted by atomic mass is 9.97. The Morgan fingerprint density at radius 1 is 0.967 bits per heavy atom. The summed E-state index contributed by atoms with van der Waals surface area (Å²) < 4.78 is 0. The van der Waals surface area contributed by atoms with Crippen LogP contribution >= 0.6 is 0 Å². The van der Waals surface area contributed by atoms with Crippen molar-refractivity contribution in [3.8, 4) is 11.1 Å². The van der Waals surface area contributed by atoms with Gasteiger partial charge in [-0.3, -0.25) is 4.79 Å². The van der Waals surface area contributed by atoms with Crippen molar-refractivity contribution in [1.29, 1.82) is 0 Å². The van der Waals surface area contributed by atoms with Crippen LogP contribution in [0.3, 0.4) is 0 Å². The van der Waals surface area contributed by atoms with Gasteiger partial charge in [-0.1, -0.05) is 59.7 Å². The van der Waals surface area contributed by atoms with E-state index in [1.807, 2.05) is 12.4 Å². The first kappa shape index (κ1) is 20.1. The minimum absolute atomic E-state index is 0.0374. The van der Waals surface area contributed by atoms with E-state index in [2.05, 4.69) is 82.6 Å². The van der Waals surface area contributed by atoms with E-state index in [1.54, 1.807) is 0 Å². The first-order chi connectivity index (χ1) is 14.6. The number of nitrogens with zero attached hydrogens (tertiary/aromatic N) is 3. The van der Waals surface area contributed by atoms with E-state index in [0.717, 1.165) is 36.1 Å². The molecule has 0 radical (unpaired) electrons. The molecule has 1 amide bonds. The van der Waals surface area contributed by atoms with Gasteiger partial charge >= 0.3 is 0 Å². The van der Waals surface area contributed by atoms with E-state index in [4.69, 9.17) is 0 Å². The van der Waals surface area contributed by atoms with Crippen molar-refractivity contribution >= 4 is 11.9 Å². The van der Waals surface area contributed by atoms with Crippen molar-refractivity contribution in [3.05, 3.63) is 77.6 Å². The molecule has 0 spiro atoms. The van der Waals surface area contributed by atoms with Crippen LogP contribution in [0.15, 0.2) is 60.9 Å². The molecule has 0 aliphatic carbocycles. The summed E-state index contributed by atoms with van der Waals surface area (Å²) in [6.45, 7) is 6.24. The molecule has 4 rings (SSSR count). The average Bonchev–Trinajstić information content (AvgIpc) is 2.79. The van der Waals surface area contributed by atoms with Crippen molar-refractivity contribution < 1.29 is 4.79 Å². The van der Waals surface area contributed by atoms with Crippen molar-refractivity contribution in [2.45, 2.75) is 33.2 Å². The molecule has 1 fully saturated rings. The predicted molar refractivity (Wildman–Crippen MR) is 120 cm³/mol. The van der Waals surface area contributed by atoms with Crippen LogP contribution in [-0.4, -0.2) is 29.0 Å². The molecule has 1 aliphatic rings. The number of rotatable bonds is 5. The van der Waals surface area contributed by atoms with E-state index in [0.29, 0.717) is 19.0 Å². The highest BCUT2D eigenvalue weighted by Crippen LogP contribution is 2.23. The van der Waals surface area contributed by atoms with Crippen LogP contribution in [0.4, 0.5) is 5.95 Å². The molecule has 2 aromatic carbocycles. The first-order valence-electron chi connectivity index (χ1n) is 10.6. The number of aryl methyl sites for hydroxylation is 2. The summed E-state index contributed by atoms with van der Waals surface area (Å²) in [5.41, 5.74) is 5.69. The maximum Gasteiger partial charge on any atom is 0.225 e. The second kappa shape index (κ2) is 9.08. The zero-order chi connectivity index (χ0) is 20.9. The first-order valence-corrected chi connectivity index (χ1v) is 10.6. The number of carbonyl (C=O) groups is 1. The van der Waals surface area contributed by atoms with Crippen molar-refractivity contribution in [2.24, 2.45) is 5.92 Å². The molecule has 1 aliphatic heterocycles. The number of hydrogen-bond acceptors (Lipinski definition) is 4. The second-order valence-corrected chi connectivity index (χ2v) is 8.13. The van der Waals surface area contributed by atoms with Gasteiger partial charge in [-0.25, -0.2) is 9.97 Å². The van der Waals surface area contributed by atoms with Gasteiger partial charge in [-0.15, -0.1) is 0 Å². The molecule has 3 aromatic rings. The van der Waals surface area contributed by atoms with Crippen LogP contribution in [0.25, 0.3) is 11.1 Å². The third-order valence-electron chi connectivity index (χ3n) is 5.69. The maximum absolute atomic E-state index is 12.7. The van der Waals surface area contributed by atoms with Gasteiger partial charge < -0.3 is 10.2 Å². The molecular formula is C25H28N4O. The Morgan fingerprint density at radius 3 is 2.27 bits per heavy atom. The molecule has 5 nitrogen and oxygen atoms in total. The molecule has 1 saturated heterocycles. The zero-order valence-corrected chi connectivity index (χ0v) is 17.6. The smallest absolute Gasteiger partial charge is 0.225 e. The largest absolute Gasteiger partial charge is 0.352 e. The van der Waals surface area contributed by atoms with Gasteiger partial charge in [0.25, 0.3) is 0 Å². The molecule has 1 unspecified atom stereocenters. The van der Waals surface area contributed by atoms with Crippen LogP contribution < -0.4 is 10.2 Å². The van der Waals surface area contributed by atoms with E-state index < -0.39 is 0 Å². The fourth-order valence-electron chi connectivity index (χ4n) is 3.79. The van der Waals surface area contributed by atoms with Crippen LogP contribution in [0.5, 0.6) is 0 Å². The second-order valence-electron chi connectivity index (χ2n) is 8.13. The lowest BCUT2D eigenvalue weighted by Crippen LogP contribution is -2.43. The molecule has 1 atom stereocenters. The number of aromatic nitrogens is 2. The molecule has 154 valence electrons. The number of carbonyl (C=O) groups excluding carboxylic acids is 1. The number of anilines is 1. The lowest BCUT2D eigenvalue weighted by Gasteiger charge is -2.32. The highest BCUT2D eigenvalue weighted by Gasteiger charge is 2.27. The lowest BCUT2D eigenvalue weighted by molar-refractivity contribution is -0.125. The Kier molecular flexibility index (Phi) is 6.07. The van der Waals surface area contributed by atoms with Crippen LogP contribution in [-0.2, 0) is 11.3 Å². The van der Waals surface area contributed by atoms with Gasteiger partial charge in [-0.05, 0) is 37.8 Å². The van der Waals surface area contributed by atoms with E-state index in [9.17, 15) is 4.79 Å². The third kappa shape index (κ3) is 4.85. The zero-order valence-electron chi connectivity index (χ0n) is 17.6. The summed E-state index contributed by atoms with van der Waals surface area (Å²) in [7, 11) is 0. The predicted octanol–water partition coefficient (Wildman–Crippen LogP) is 4.29. The molecule has 0 bridgehead atoms. The normalized spacial score (nSPS) is 16.3. The van der Waals surface area contributed by atoms with Gasteiger partial charge in [0, 0.05) is 37.6 Å². The number of amides is 1. The van der Waals surface area contributed by atoms with Crippen molar-refractivity contribution in [3.63, 3.8) is 0 Å². The molecule has 5 heteroatoms. The minimum atomic E-state index is -0.0374. The molecule has 2 heterocycles. The Bertz CT molecular complexity index is 981. The quantitative estimate of drug-likeness (QED) is 0.694. The van der Waals surface area contributed by atoms with Crippen LogP contribution in [0.2, 0.25) is 0 Å². The van der Waals surface area contributed by atoms with Gasteiger partial charge in [0.2, 0.25) is 11.9 Å². The highest BCUT2D eigenvalue weighted by atomic mass is 16.1. The minimum Gasteiger partial charge on any atom is -0.352 e. The van der Waals surface area contributed by atoms with Gasteiger partial charge in [0.1, 0.15) is 0 Å². The van der Waals surface area contributed by atoms with Crippen LogP contribution in [0, 0.1) is 19.8 Å². The highest BCUT2D eigenvalue weighted by molar-refractivity contribution is 5.79. The number of hydrogen-bond donors (Lipinski definition) is 1. The fraction of sp³-hybridized carbons (Fsp3) is 0.320. The summed E-state index contributed by atoms with van der Waals surface area (Å²) in [4.78, 5) is 24.0. The Labute approximate surface area is 178 Å². The SMILES string of the molecule is Cc1ccc(CNC(=O)C2CCCN(c3ncc(-c4ccc(C)cc4)cn3)C2)cc1. The maximum atomic E-state index is 12.7. The summed E-state index contributed by atoms with van der Waals surface area (Å²) >= 11 is 0. The van der Waals surface area contributed by atoms with E-state index in [-0.39, 0.29) is 11.8 Å². The standard InChI is InChI=1S/C25H28N4O/c1-18-5-9-20(10-6-18)14-26-24(30)22-4-3-13-29(17-22)25-27-15-23(16-28-25)21-11-7-19(2)8-12-21/h5-12,15-16,22H,3-4,13-14,17H2,1-2H3,(H,26,30). The van der Waals surface area contributed by atoms with E-state index >= 15 is 0 Å². The Morgan fingerprint density at radius 2 is 1.60 bits per heavy atom. The van der Waals surface area contributed by atoms with E-state index in [1.165, 1.54) is 11.1 Å². The van der Waals surface area contributed by atoms with Gasteiger partial charge in [0.05, 0.1) is 5.92 Å². The Balaban J connectivity index is 1.36. The molecular weight excluding hydrogens is 372 g/mol. The van der Waals surface area contributed by atoms with Gasteiger partial charge in [-0.2, -0.15) is 0 Å². The molecule has 30 heavy (non-hydrogen) atoms. The fourth-order valence-corrected chi connectivity index (χ4v) is 3.79. The summed E-state index contributed by atoms with van der Waals surface area (Å²) in [5.74, 6) is 0.767. The topological polar surface area (TPSA) is 58.1 Å². The van der Waals surface area contributed by atoms with Crippen molar-refractivity contribution in [1.82, 2.24) is 15.3 Å². The number of benzene rings is 2. The Hall–Kier alpha value is -3.21. The summed E-state index contributed by atoms with van der Waals surface area (Å²) in [6, 6.07) is 16.6.